The highest BCUT2D eigenvalue weighted by atomic mass is 79.9. The van der Waals surface area contributed by atoms with Crippen molar-refractivity contribution in [3.05, 3.63) is 0 Å². The van der Waals surface area contributed by atoms with Gasteiger partial charge in [0.05, 0.1) is 79.3 Å². The number of ether oxygens (including phenoxy) is 7. The highest BCUT2D eigenvalue weighted by Crippen LogP contribution is 2.13. The summed E-state index contributed by atoms with van der Waals surface area (Å²) in [6.07, 6.45) is 17.4. The molecular weight excluding hydrogens is 568 g/mol. The molecule has 0 saturated carbocycles. The summed E-state index contributed by atoms with van der Waals surface area (Å²) in [5.41, 5.74) is 0. The Morgan fingerprint density at radius 1 is 0.436 bits per heavy atom. The quantitative estimate of drug-likeness (QED) is 0.0454. The molecule has 0 atom stereocenters. The predicted octanol–water partition coefficient (Wildman–Crippen LogP) is 6.51. The fraction of sp³-hybridized carbons (Fsp3) is 0.967. The van der Waals surface area contributed by atoms with Gasteiger partial charge in [-0.1, -0.05) is 99.9 Å². The lowest BCUT2D eigenvalue weighted by Gasteiger charge is -2.08. The summed E-state index contributed by atoms with van der Waals surface area (Å²) in [5.74, 6) is -0.123. The number of alkyl halides is 1. The third kappa shape index (κ3) is 35.7. The lowest BCUT2D eigenvalue weighted by Crippen LogP contribution is -2.15. The fourth-order valence-corrected chi connectivity index (χ4v) is 4.06. The second-order valence-electron chi connectivity index (χ2n) is 9.58. The van der Waals surface area contributed by atoms with Crippen LogP contribution in [0.1, 0.15) is 96.8 Å². The SMILES string of the molecule is CCCCCCCCCCCCCCCC(=O)OCCOCCOCCOCCOCCOCCOCCBr. The molecule has 0 saturated heterocycles. The molecule has 0 unspecified atom stereocenters. The van der Waals surface area contributed by atoms with Crippen molar-refractivity contribution in [3.63, 3.8) is 0 Å². The van der Waals surface area contributed by atoms with E-state index in [1.54, 1.807) is 0 Å². The molecule has 0 N–H and O–H groups in total. The molecule has 39 heavy (non-hydrogen) atoms. The van der Waals surface area contributed by atoms with E-state index in [0.29, 0.717) is 92.3 Å². The minimum atomic E-state index is -0.123. The summed E-state index contributed by atoms with van der Waals surface area (Å²) in [6, 6.07) is 0. The van der Waals surface area contributed by atoms with E-state index in [2.05, 4.69) is 22.9 Å². The first-order valence-corrected chi connectivity index (χ1v) is 16.6. The van der Waals surface area contributed by atoms with Gasteiger partial charge in [-0.05, 0) is 6.42 Å². The summed E-state index contributed by atoms with van der Waals surface area (Å²) in [7, 11) is 0. The van der Waals surface area contributed by atoms with Gasteiger partial charge in [0.25, 0.3) is 0 Å². The Bertz CT molecular complexity index is 470. The van der Waals surface area contributed by atoms with Crippen LogP contribution in [0.25, 0.3) is 0 Å². The number of unbranched alkanes of at least 4 members (excludes halogenated alkanes) is 12. The minimum absolute atomic E-state index is 0.123. The second-order valence-corrected chi connectivity index (χ2v) is 10.4. The maximum atomic E-state index is 11.8. The van der Waals surface area contributed by atoms with E-state index in [-0.39, 0.29) is 5.97 Å². The van der Waals surface area contributed by atoms with Crippen molar-refractivity contribution in [1.29, 1.82) is 0 Å². The zero-order valence-corrected chi connectivity index (χ0v) is 26.5. The van der Waals surface area contributed by atoms with Crippen LogP contribution in [0.3, 0.4) is 0 Å². The Hall–Kier alpha value is -0.290. The number of halogens is 1. The third-order valence-electron chi connectivity index (χ3n) is 6.06. The number of rotatable bonds is 34. The highest BCUT2D eigenvalue weighted by molar-refractivity contribution is 9.09. The molecule has 0 fully saturated rings. The normalized spacial score (nSPS) is 11.3. The largest absolute Gasteiger partial charge is 0.463 e. The first-order chi connectivity index (χ1) is 19.3. The van der Waals surface area contributed by atoms with Crippen molar-refractivity contribution < 1.29 is 38.0 Å². The van der Waals surface area contributed by atoms with Crippen LogP contribution in [0.5, 0.6) is 0 Å². The van der Waals surface area contributed by atoms with Gasteiger partial charge in [0.15, 0.2) is 0 Å². The van der Waals surface area contributed by atoms with Crippen molar-refractivity contribution >= 4 is 21.9 Å². The van der Waals surface area contributed by atoms with Crippen molar-refractivity contribution in [2.75, 3.05) is 91.2 Å². The molecule has 0 aromatic carbocycles. The summed E-state index contributed by atoms with van der Waals surface area (Å²) in [6.45, 7) is 9.00. The molecule has 8 nitrogen and oxygen atoms in total. The van der Waals surface area contributed by atoms with Gasteiger partial charge >= 0.3 is 5.97 Å². The van der Waals surface area contributed by atoms with Crippen LogP contribution in [0.15, 0.2) is 0 Å². The monoisotopic (exact) mass is 626 g/mol. The van der Waals surface area contributed by atoms with Gasteiger partial charge in [0.2, 0.25) is 0 Å². The lowest BCUT2D eigenvalue weighted by atomic mass is 10.0. The maximum Gasteiger partial charge on any atom is 0.305 e. The number of carbonyl (C=O) groups is 1. The van der Waals surface area contributed by atoms with E-state index >= 15 is 0 Å². The van der Waals surface area contributed by atoms with Gasteiger partial charge in [0.1, 0.15) is 6.61 Å². The summed E-state index contributed by atoms with van der Waals surface area (Å²) >= 11 is 3.30. The van der Waals surface area contributed by atoms with Crippen LogP contribution in [0.4, 0.5) is 0 Å². The molecule has 0 radical (unpaired) electrons. The first-order valence-electron chi connectivity index (χ1n) is 15.5. The van der Waals surface area contributed by atoms with E-state index in [0.717, 1.165) is 18.2 Å². The Balaban J connectivity index is 3.13. The van der Waals surface area contributed by atoms with Gasteiger partial charge in [-0.15, -0.1) is 0 Å². The molecule has 0 aliphatic heterocycles. The van der Waals surface area contributed by atoms with Crippen molar-refractivity contribution in [3.8, 4) is 0 Å². The van der Waals surface area contributed by atoms with Crippen LogP contribution >= 0.6 is 15.9 Å². The second kappa shape index (κ2) is 35.7. The summed E-state index contributed by atoms with van der Waals surface area (Å²) in [5, 5.41) is 0.840. The van der Waals surface area contributed by atoms with Gasteiger partial charge in [-0.25, -0.2) is 0 Å². The predicted molar refractivity (Wildman–Crippen MR) is 160 cm³/mol. The minimum Gasteiger partial charge on any atom is -0.463 e. The van der Waals surface area contributed by atoms with Crippen molar-refractivity contribution in [2.45, 2.75) is 96.8 Å². The Morgan fingerprint density at radius 2 is 0.744 bits per heavy atom. The standard InChI is InChI=1S/C30H59BrO8/c1-2-3-4-5-6-7-8-9-10-11-12-13-14-15-30(32)39-29-28-38-27-26-37-25-24-36-23-22-35-21-20-34-19-18-33-17-16-31/h2-29H2,1H3. The molecule has 0 amide bonds. The number of carbonyl (C=O) groups excluding carboxylic acids is 1. The van der Waals surface area contributed by atoms with Gasteiger partial charge < -0.3 is 33.2 Å². The topological polar surface area (TPSA) is 81.7 Å². The molecule has 234 valence electrons. The van der Waals surface area contributed by atoms with Crippen molar-refractivity contribution in [2.24, 2.45) is 0 Å². The highest BCUT2D eigenvalue weighted by Gasteiger charge is 2.03. The molecule has 0 aliphatic rings. The zero-order chi connectivity index (χ0) is 28.3. The van der Waals surface area contributed by atoms with Crippen LogP contribution in [0, 0.1) is 0 Å². The van der Waals surface area contributed by atoms with Gasteiger partial charge in [-0.2, -0.15) is 0 Å². The molecule has 0 rings (SSSR count). The smallest absolute Gasteiger partial charge is 0.305 e. The van der Waals surface area contributed by atoms with E-state index < -0.39 is 0 Å². The Morgan fingerprint density at radius 3 is 1.10 bits per heavy atom. The van der Waals surface area contributed by atoms with Crippen molar-refractivity contribution in [1.82, 2.24) is 0 Å². The molecule has 0 spiro atoms. The van der Waals surface area contributed by atoms with E-state index in [9.17, 15) is 4.79 Å². The first kappa shape index (κ1) is 38.7. The Kier molecular flexibility index (Phi) is 35.5. The van der Waals surface area contributed by atoms with Crippen LogP contribution < -0.4 is 0 Å². The molecule has 0 aromatic rings. The van der Waals surface area contributed by atoms with Gasteiger partial charge in [0, 0.05) is 11.8 Å². The molecule has 0 heterocycles. The molecule has 0 bridgehead atoms. The van der Waals surface area contributed by atoms with Crippen LogP contribution in [0.2, 0.25) is 0 Å². The number of hydrogen-bond donors (Lipinski definition) is 0. The van der Waals surface area contributed by atoms with Gasteiger partial charge in [-0.3, -0.25) is 4.79 Å². The average Bonchev–Trinajstić information content (AvgIpc) is 2.94. The zero-order valence-electron chi connectivity index (χ0n) is 24.9. The molecular formula is C30H59BrO8. The lowest BCUT2D eigenvalue weighted by molar-refractivity contribution is -0.145. The van der Waals surface area contributed by atoms with E-state index in [1.807, 2.05) is 0 Å². The number of esters is 1. The maximum absolute atomic E-state index is 11.8. The molecule has 0 aliphatic carbocycles. The molecule has 0 aromatic heterocycles. The number of hydrogen-bond acceptors (Lipinski definition) is 8. The van der Waals surface area contributed by atoms with Crippen LogP contribution in [-0.4, -0.2) is 97.2 Å². The fourth-order valence-electron chi connectivity index (χ4n) is 3.83. The van der Waals surface area contributed by atoms with E-state index in [4.69, 9.17) is 33.2 Å². The van der Waals surface area contributed by atoms with Crippen LogP contribution in [-0.2, 0) is 38.0 Å². The molecule has 9 heteroatoms. The van der Waals surface area contributed by atoms with E-state index in [1.165, 1.54) is 70.6 Å². The summed E-state index contributed by atoms with van der Waals surface area (Å²) < 4.78 is 37.7. The average molecular weight is 628 g/mol. The third-order valence-corrected chi connectivity index (χ3v) is 6.38. The Labute approximate surface area is 247 Å². The summed E-state index contributed by atoms with van der Waals surface area (Å²) in [4.78, 5) is 11.8.